The van der Waals surface area contributed by atoms with Gasteiger partial charge in [-0.25, -0.2) is 0 Å². The average molecular weight is 233 g/mol. The fourth-order valence-electron chi connectivity index (χ4n) is 2.10. The standard InChI is InChI=1S/C14H19NO2/c1-11-4-2-3-5-13(11)10-17-14(16)12-6-8-15-9-7-12/h2-5,12,15H,6-10H2,1H3. The van der Waals surface area contributed by atoms with E-state index in [2.05, 4.69) is 5.32 Å². The number of rotatable bonds is 3. The molecule has 92 valence electrons. The summed E-state index contributed by atoms with van der Waals surface area (Å²) >= 11 is 0. The van der Waals surface area contributed by atoms with Crippen molar-refractivity contribution in [1.29, 1.82) is 0 Å². The van der Waals surface area contributed by atoms with Crippen molar-refractivity contribution >= 4 is 5.97 Å². The summed E-state index contributed by atoms with van der Waals surface area (Å²) in [7, 11) is 0. The van der Waals surface area contributed by atoms with Gasteiger partial charge in [0.1, 0.15) is 6.61 Å². The van der Waals surface area contributed by atoms with Crippen LogP contribution in [0.15, 0.2) is 24.3 Å². The third-order valence-electron chi connectivity index (χ3n) is 3.30. The molecule has 1 fully saturated rings. The Labute approximate surface area is 102 Å². The summed E-state index contributed by atoms with van der Waals surface area (Å²) in [4.78, 5) is 11.8. The lowest BCUT2D eigenvalue weighted by molar-refractivity contribution is -0.150. The van der Waals surface area contributed by atoms with E-state index in [1.54, 1.807) is 0 Å². The summed E-state index contributed by atoms with van der Waals surface area (Å²) in [6, 6.07) is 8.01. The molecule has 1 aromatic carbocycles. The van der Waals surface area contributed by atoms with Crippen LogP contribution in [0, 0.1) is 12.8 Å². The molecule has 3 heteroatoms. The zero-order valence-electron chi connectivity index (χ0n) is 10.2. The van der Waals surface area contributed by atoms with Crippen LogP contribution >= 0.6 is 0 Å². The van der Waals surface area contributed by atoms with E-state index in [-0.39, 0.29) is 11.9 Å². The van der Waals surface area contributed by atoms with Crippen LogP contribution in [0.25, 0.3) is 0 Å². The molecule has 0 unspecified atom stereocenters. The van der Waals surface area contributed by atoms with Crippen molar-refractivity contribution in [2.75, 3.05) is 13.1 Å². The maximum absolute atomic E-state index is 11.8. The van der Waals surface area contributed by atoms with Gasteiger partial charge in [-0.1, -0.05) is 24.3 Å². The van der Waals surface area contributed by atoms with Crippen molar-refractivity contribution in [2.45, 2.75) is 26.4 Å². The minimum Gasteiger partial charge on any atom is -0.461 e. The second kappa shape index (κ2) is 5.82. The number of hydrogen-bond donors (Lipinski definition) is 1. The van der Waals surface area contributed by atoms with Gasteiger partial charge < -0.3 is 10.1 Å². The maximum atomic E-state index is 11.8. The zero-order valence-corrected chi connectivity index (χ0v) is 10.2. The van der Waals surface area contributed by atoms with Crippen molar-refractivity contribution in [3.05, 3.63) is 35.4 Å². The molecule has 1 aliphatic rings. The van der Waals surface area contributed by atoms with E-state index in [0.29, 0.717) is 6.61 Å². The molecule has 0 radical (unpaired) electrons. The van der Waals surface area contributed by atoms with Crippen LogP contribution in [0.2, 0.25) is 0 Å². The van der Waals surface area contributed by atoms with Crippen LogP contribution in [0.4, 0.5) is 0 Å². The number of benzene rings is 1. The van der Waals surface area contributed by atoms with E-state index in [0.717, 1.165) is 31.5 Å². The number of piperidine rings is 1. The molecule has 17 heavy (non-hydrogen) atoms. The normalized spacial score (nSPS) is 16.8. The second-order valence-corrected chi connectivity index (χ2v) is 4.56. The molecule has 0 aromatic heterocycles. The Bertz CT molecular complexity index is 384. The van der Waals surface area contributed by atoms with Crippen LogP contribution in [0.5, 0.6) is 0 Å². The number of aryl methyl sites for hydroxylation is 1. The first-order chi connectivity index (χ1) is 8.27. The Morgan fingerprint density at radius 1 is 1.35 bits per heavy atom. The monoisotopic (exact) mass is 233 g/mol. The minimum atomic E-state index is -0.0465. The molecule has 1 saturated heterocycles. The third-order valence-corrected chi connectivity index (χ3v) is 3.30. The molecule has 1 N–H and O–H groups in total. The van der Waals surface area contributed by atoms with Crippen molar-refractivity contribution in [2.24, 2.45) is 5.92 Å². The summed E-state index contributed by atoms with van der Waals surface area (Å²) in [5.74, 6) is 0.0371. The van der Waals surface area contributed by atoms with Gasteiger partial charge in [-0.2, -0.15) is 0 Å². The fourth-order valence-corrected chi connectivity index (χ4v) is 2.10. The minimum absolute atomic E-state index is 0.0465. The molecule has 1 heterocycles. The Balaban J connectivity index is 1.85. The van der Waals surface area contributed by atoms with Gasteiger partial charge in [-0.05, 0) is 44.0 Å². The first-order valence-electron chi connectivity index (χ1n) is 6.19. The second-order valence-electron chi connectivity index (χ2n) is 4.56. The predicted octanol–water partition coefficient (Wildman–Crippen LogP) is 2.04. The van der Waals surface area contributed by atoms with E-state index in [1.807, 2.05) is 31.2 Å². The fraction of sp³-hybridized carbons (Fsp3) is 0.500. The SMILES string of the molecule is Cc1ccccc1COC(=O)C1CCNCC1. The highest BCUT2D eigenvalue weighted by Gasteiger charge is 2.22. The van der Waals surface area contributed by atoms with Crippen LogP contribution in [-0.2, 0) is 16.1 Å². The Morgan fingerprint density at radius 3 is 2.76 bits per heavy atom. The van der Waals surface area contributed by atoms with Gasteiger partial charge >= 0.3 is 5.97 Å². The summed E-state index contributed by atoms with van der Waals surface area (Å²) in [5, 5.41) is 3.24. The van der Waals surface area contributed by atoms with E-state index < -0.39 is 0 Å². The molecule has 0 saturated carbocycles. The quantitative estimate of drug-likeness (QED) is 0.812. The van der Waals surface area contributed by atoms with Gasteiger partial charge in [-0.15, -0.1) is 0 Å². The van der Waals surface area contributed by atoms with E-state index >= 15 is 0 Å². The summed E-state index contributed by atoms with van der Waals surface area (Å²) < 4.78 is 5.38. The highest BCUT2D eigenvalue weighted by molar-refractivity contribution is 5.72. The molecular weight excluding hydrogens is 214 g/mol. The largest absolute Gasteiger partial charge is 0.461 e. The first-order valence-corrected chi connectivity index (χ1v) is 6.19. The lowest BCUT2D eigenvalue weighted by Gasteiger charge is -2.21. The van der Waals surface area contributed by atoms with Gasteiger partial charge in [0.05, 0.1) is 5.92 Å². The smallest absolute Gasteiger partial charge is 0.309 e. The Morgan fingerprint density at radius 2 is 2.06 bits per heavy atom. The van der Waals surface area contributed by atoms with Crippen molar-refractivity contribution < 1.29 is 9.53 Å². The van der Waals surface area contributed by atoms with E-state index in [4.69, 9.17) is 4.74 Å². The number of carbonyl (C=O) groups excluding carboxylic acids is 1. The molecule has 1 aromatic rings. The highest BCUT2D eigenvalue weighted by Crippen LogP contribution is 2.15. The average Bonchev–Trinajstić information content (AvgIpc) is 2.38. The zero-order chi connectivity index (χ0) is 12.1. The molecular formula is C14H19NO2. The molecule has 0 bridgehead atoms. The van der Waals surface area contributed by atoms with Gasteiger partial charge in [0.15, 0.2) is 0 Å². The lowest BCUT2D eigenvalue weighted by Crippen LogP contribution is -2.32. The van der Waals surface area contributed by atoms with Crippen LogP contribution in [-0.4, -0.2) is 19.1 Å². The van der Waals surface area contributed by atoms with Crippen LogP contribution in [0.3, 0.4) is 0 Å². The maximum Gasteiger partial charge on any atom is 0.309 e. The van der Waals surface area contributed by atoms with Crippen molar-refractivity contribution in [3.8, 4) is 0 Å². The molecule has 0 atom stereocenters. The Kier molecular flexibility index (Phi) is 4.15. The summed E-state index contributed by atoms with van der Waals surface area (Å²) in [6.45, 7) is 4.28. The number of nitrogens with one attached hydrogen (secondary N) is 1. The Hall–Kier alpha value is -1.35. The first kappa shape index (κ1) is 12.1. The van der Waals surface area contributed by atoms with Crippen LogP contribution < -0.4 is 5.32 Å². The molecule has 0 aliphatic carbocycles. The van der Waals surface area contributed by atoms with Crippen molar-refractivity contribution in [3.63, 3.8) is 0 Å². The molecule has 3 nitrogen and oxygen atoms in total. The van der Waals surface area contributed by atoms with Crippen LogP contribution in [0.1, 0.15) is 24.0 Å². The van der Waals surface area contributed by atoms with Gasteiger partial charge in [-0.3, -0.25) is 4.79 Å². The molecule has 1 aliphatic heterocycles. The van der Waals surface area contributed by atoms with Gasteiger partial charge in [0, 0.05) is 0 Å². The molecule has 0 amide bonds. The van der Waals surface area contributed by atoms with Gasteiger partial charge in [0.2, 0.25) is 0 Å². The predicted molar refractivity (Wildman–Crippen MR) is 66.6 cm³/mol. The number of esters is 1. The molecule has 2 rings (SSSR count). The summed E-state index contributed by atoms with van der Waals surface area (Å²) in [6.07, 6.45) is 1.79. The summed E-state index contributed by atoms with van der Waals surface area (Å²) in [5.41, 5.74) is 2.26. The topological polar surface area (TPSA) is 38.3 Å². The number of ether oxygens (including phenoxy) is 1. The van der Waals surface area contributed by atoms with Gasteiger partial charge in [0.25, 0.3) is 0 Å². The number of hydrogen-bond acceptors (Lipinski definition) is 3. The number of carbonyl (C=O) groups is 1. The van der Waals surface area contributed by atoms with E-state index in [9.17, 15) is 4.79 Å². The molecule has 0 spiro atoms. The third kappa shape index (κ3) is 3.30. The van der Waals surface area contributed by atoms with Crippen molar-refractivity contribution in [1.82, 2.24) is 5.32 Å². The lowest BCUT2D eigenvalue weighted by atomic mass is 9.98. The van der Waals surface area contributed by atoms with E-state index in [1.165, 1.54) is 5.56 Å². The highest BCUT2D eigenvalue weighted by atomic mass is 16.5.